The van der Waals surface area contributed by atoms with Crippen LogP contribution in [0.1, 0.15) is 15.2 Å². The number of anilines is 1. The largest absolute Gasteiger partial charge is 0.381 e. The zero-order chi connectivity index (χ0) is 13.1. The summed E-state index contributed by atoms with van der Waals surface area (Å²) in [6.07, 6.45) is 1.30. The van der Waals surface area contributed by atoms with Gasteiger partial charge in [-0.25, -0.2) is 9.37 Å². The number of nitrogens with one attached hydrogen (secondary N) is 1. The molecule has 0 atom stereocenters. The lowest BCUT2D eigenvalue weighted by atomic mass is 10.2. The molecule has 2 aromatic rings. The molecule has 0 aromatic carbocycles. The molecule has 94 valence electrons. The molecule has 0 aliphatic rings. The van der Waals surface area contributed by atoms with Crippen molar-refractivity contribution in [3.8, 4) is 0 Å². The van der Waals surface area contributed by atoms with Gasteiger partial charge in [-0.2, -0.15) is 0 Å². The summed E-state index contributed by atoms with van der Waals surface area (Å²) >= 11 is 4.82. The van der Waals surface area contributed by atoms with Crippen molar-refractivity contribution >= 4 is 39.0 Å². The van der Waals surface area contributed by atoms with Gasteiger partial charge in [0.1, 0.15) is 0 Å². The number of nitrogens with zero attached hydrogens (tertiary/aromatic N) is 1. The van der Waals surface area contributed by atoms with Crippen molar-refractivity contribution in [3.63, 3.8) is 0 Å². The number of hydrogen-bond acceptors (Lipinski definition) is 4. The van der Waals surface area contributed by atoms with Gasteiger partial charge in [-0.15, -0.1) is 11.3 Å². The van der Waals surface area contributed by atoms with Gasteiger partial charge in [-0.1, -0.05) is 0 Å². The molecular formula is C11H9BrFN3OS. The molecule has 2 aromatic heterocycles. The molecule has 3 N–H and O–H groups in total. The van der Waals surface area contributed by atoms with Gasteiger partial charge < -0.3 is 11.1 Å². The first-order valence-corrected chi connectivity index (χ1v) is 6.66. The number of amides is 1. The van der Waals surface area contributed by atoms with E-state index in [9.17, 15) is 9.18 Å². The molecule has 18 heavy (non-hydrogen) atoms. The Morgan fingerprint density at radius 2 is 2.39 bits per heavy atom. The minimum absolute atomic E-state index is 0.0990. The van der Waals surface area contributed by atoms with Crippen LogP contribution in [-0.4, -0.2) is 10.9 Å². The third-order valence-corrected chi connectivity index (χ3v) is 3.90. The first-order chi connectivity index (χ1) is 8.58. The SMILES string of the molecule is Nc1nccc(C(=O)NCc2cc(Br)cs2)c1F. The van der Waals surface area contributed by atoms with Crippen LogP contribution in [0.15, 0.2) is 28.2 Å². The number of carbonyl (C=O) groups is 1. The molecule has 0 radical (unpaired) electrons. The molecule has 1 amide bonds. The average molecular weight is 330 g/mol. The summed E-state index contributed by atoms with van der Waals surface area (Å²) in [5.41, 5.74) is 5.20. The number of pyridine rings is 1. The molecule has 0 spiro atoms. The molecule has 7 heteroatoms. The zero-order valence-corrected chi connectivity index (χ0v) is 11.5. The molecule has 0 fully saturated rings. The van der Waals surface area contributed by atoms with E-state index < -0.39 is 11.7 Å². The van der Waals surface area contributed by atoms with Crippen molar-refractivity contribution in [3.05, 3.63) is 44.4 Å². The van der Waals surface area contributed by atoms with Crippen LogP contribution in [0.5, 0.6) is 0 Å². The Hall–Kier alpha value is -1.47. The number of thiophene rings is 1. The molecule has 2 rings (SSSR count). The first-order valence-electron chi connectivity index (χ1n) is 4.99. The van der Waals surface area contributed by atoms with E-state index in [4.69, 9.17) is 5.73 Å². The van der Waals surface area contributed by atoms with E-state index in [1.807, 2.05) is 11.4 Å². The fraction of sp³-hybridized carbons (Fsp3) is 0.0909. The molecule has 2 heterocycles. The number of aromatic nitrogens is 1. The van der Waals surface area contributed by atoms with E-state index in [-0.39, 0.29) is 11.4 Å². The van der Waals surface area contributed by atoms with E-state index in [2.05, 4.69) is 26.2 Å². The lowest BCUT2D eigenvalue weighted by Gasteiger charge is -2.05. The summed E-state index contributed by atoms with van der Waals surface area (Å²) in [7, 11) is 0. The van der Waals surface area contributed by atoms with Crippen molar-refractivity contribution in [2.24, 2.45) is 0 Å². The van der Waals surface area contributed by atoms with Crippen LogP contribution in [0.25, 0.3) is 0 Å². The highest BCUT2D eigenvalue weighted by molar-refractivity contribution is 9.10. The van der Waals surface area contributed by atoms with Crippen LogP contribution in [-0.2, 0) is 6.54 Å². The standard InChI is InChI=1S/C11H9BrFN3OS/c12-6-3-7(18-5-6)4-16-11(17)8-1-2-15-10(14)9(8)13/h1-3,5H,4H2,(H2,14,15)(H,16,17). The third kappa shape index (κ3) is 2.85. The van der Waals surface area contributed by atoms with Gasteiger partial charge in [-0.05, 0) is 28.1 Å². The molecule has 0 unspecified atom stereocenters. The van der Waals surface area contributed by atoms with E-state index in [0.29, 0.717) is 6.54 Å². The lowest BCUT2D eigenvalue weighted by molar-refractivity contribution is 0.0947. The maximum absolute atomic E-state index is 13.5. The van der Waals surface area contributed by atoms with Crippen LogP contribution >= 0.6 is 27.3 Å². The highest BCUT2D eigenvalue weighted by Crippen LogP contribution is 2.19. The lowest BCUT2D eigenvalue weighted by Crippen LogP contribution is -2.24. The molecule has 0 aliphatic heterocycles. The van der Waals surface area contributed by atoms with Crippen LogP contribution in [0.4, 0.5) is 10.2 Å². The Bertz CT molecular complexity index is 587. The summed E-state index contributed by atoms with van der Waals surface area (Å²) < 4.78 is 14.5. The Labute approximate surface area is 115 Å². The predicted molar refractivity (Wildman–Crippen MR) is 71.8 cm³/mol. The average Bonchev–Trinajstić information content (AvgIpc) is 2.76. The van der Waals surface area contributed by atoms with Crippen molar-refractivity contribution in [1.82, 2.24) is 10.3 Å². The van der Waals surface area contributed by atoms with Crippen LogP contribution in [0.2, 0.25) is 0 Å². The van der Waals surface area contributed by atoms with Gasteiger partial charge in [0.25, 0.3) is 5.91 Å². The van der Waals surface area contributed by atoms with E-state index in [0.717, 1.165) is 9.35 Å². The Balaban J connectivity index is 2.06. The predicted octanol–water partition coefficient (Wildman–Crippen LogP) is 2.56. The van der Waals surface area contributed by atoms with Crippen LogP contribution in [0, 0.1) is 5.82 Å². The topological polar surface area (TPSA) is 68.0 Å². The Kier molecular flexibility index (Phi) is 3.93. The number of hydrogen-bond donors (Lipinski definition) is 2. The minimum atomic E-state index is -0.789. The number of nitrogens with two attached hydrogens (primary N) is 1. The van der Waals surface area contributed by atoms with Crippen molar-refractivity contribution in [1.29, 1.82) is 0 Å². The second-order valence-corrected chi connectivity index (χ2v) is 5.38. The van der Waals surface area contributed by atoms with Crippen molar-refractivity contribution < 1.29 is 9.18 Å². The number of rotatable bonds is 3. The number of nitrogen functional groups attached to an aromatic ring is 1. The first kappa shape index (κ1) is 13.0. The monoisotopic (exact) mass is 329 g/mol. The summed E-state index contributed by atoms with van der Waals surface area (Å²) in [6, 6.07) is 3.19. The Morgan fingerprint density at radius 1 is 1.61 bits per heavy atom. The van der Waals surface area contributed by atoms with E-state index in [1.54, 1.807) is 0 Å². The summed E-state index contributed by atoms with van der Waals surface area (Å²) in [6.45, 7) is 0.344. The highest BCUT2D eigenvalue weighted by atomic mass is 79.9. The fourth-order valence-electron chi connectivity index (χ4n) is 1.34. The molecule has 0 saturated carbocycles. The Morgan fingerprint density at radius 3 is 3.06 bits per heavy atom. The second-order valence-electron chi connectivity index (χ2n) is 3.47. The fourth-order valence-corrected chi connectivity index (χ4v) is 2.74. The summed E-state index contributed by atoms with van der Waals surface area (Å²) in [4.78, 5) is 16.3. The maximum atomic E-state index is 13.5. The second kappa shape index (κ2) is 5.45. The molecular weight excluding hydrogens is 321 g/mol. The number of carbonyl (C=O) groups excluding carboxylic acids is 1. The molecule has 0 aliphatic carbocycles. The quantitative estimate of drug-likeness (QED) is 0.909. The molecule has 0 bridgehead atoms. The molecule has 0 saturated heterocycles. The third-order valence-electron chi connectivity index (χ3n) is 2.21. The van der Waals surface area contributed by atoms with E-state index in [1.165, 1.54) is 23.6 Å². The zero-order valence-electron chi connectivity index (χ0n) is 9.11. The van der Waals surface area contributed by atoms with Crippen LogP contribution < -0.4 is 11.1 Å². The van der Waals surface area contributed by atoms with Gasteiger partial charge in [-0.3, -0.25) is 4.79 Å². The maximum Gasteiger partial charge on any atom is 0.254 e. The van der Waals surface area contributed by atoms with Gasteiger partial charge in [0.15, 0.2) is 11.6 Å². The molecule has 4 nitrogen and oxygen atoms in total. The van der Waals surface area contributed by atoms with Crippen molar-refractivity contribution in [2.45, 2.75) is 6.54 Å². The summed E-state index contributed by atoms with van der Waals surface area (Å²) in [5.74, 6) is -1.57. The van der Waals surface area contributed by atoms with Gasteiger partial charge >= 0.3 is 0 Å². The summed E-state index contributed by atoms with van der Waals surface area (Å²) in [5, 5.41) is 4.53. The van der Waals surface area contributed by atoms with Gasteiger partial charge in [0, 0.05) is 20.9 Å². The van der Waals surface area contributed by atoms with Crippen molar-refractivity contribution in [2.75, 3.05) is 5.73 Å². The smallest absolute Gasteiger partial charge is 0.254 e. The highest BCUT2D eigenvalue weighted by Gasteiger charge is 2.14. The van der Waals surface area contributed by atoms with E-state index >= 15 is 0 Å². The minimum Gasteiger partial charge on any atom is -0.381 e. The number of halogens is 2. The van der Waals surface area contributed by atoms with Gasteiger partial charge in [0.05, 0.1) is 12.1 Å². The van der Waals surface area contributed by atoms with Gasteiger partial charge in [0.2, 0.25) is 0 Å². The normalized spacial score (nSPS) is 10.3. The van der Waals surface area contributed by atoms with Crippen LogP contribution in [0.3, 0.4) is 0 Å².